The number of para-hydroxylation sites is 1. The lowest BCUT2D eigenvalue weighted by atomic mass is 10.3. The number of nitrogens with one attached hydrogen (secondary N) is 2. The highest BCUT2D eigenvalue weighted by Crippen LogP contribution is 2.10. The molecule has 0 radical (unpaired) electrons. The van der Waals surface area contributed by atoms with Crippen molar-refractivity contribution in [3.63, 3.8) is 0 Å². The standard InChI is InChI=1S/C15H15N3O3/c1-11(21-13-7-3-2-4-8-13)14(19)17-18-15(20)12-6-5-9-16-10-12/h2-11H,1H3,(H,17,19)(H,18,20)/t11-/m0/s1. The van der Waals surface area contributed by atoms with E-state index in [-0.39, 0.29) is 0 Å². The fourth-order valence-corrected chi connectivity index (χ4v) is 1.55. The first-order valence-corrected chi connectivity index (χ1v) is 6.39. The van der Waals surface area contributed by atoms with E-state index in [2.05, 4.69) is 15.8 Å². The van der Waals surface area contributed by atoms with Crippen molar-refractivity contribution in [1.29, 1.82) is 0 Å². The molecule has 1 aromatic carbocycles. The van der Waals surface area contributed by atoms with Gasteiger partial charge in [0, 0.05) is 12.4 Å². The van der Waals surface area contributed by atoms with Gasteiger partial charge in [0.1, 0.15) is 5.75 Å². The number of pyridine rings is 1. The van der Waals surface area contributed by atoms with Crippen molar-refractivity contribution in [2.24, 2.45) is 0 Å². The van der Waals surface area contributed by atoms with Crippen molar-refractivity contribution < 1.29 is 14.3 Å². The van der Waals surface area contributed by atoms with Crippen molar-refractivity contribution in [2.45, 2.75) is 13.0 Å². The molecule has 0 saturated carbocycles. The van der Waals surface area contributed by atoms with Crippen LogP contribution in [0, 0.1) is 0 Å². The fraction of sp³-hybridized carbons (Fsp3) is 0.133. The fourth-order valence-electron chi connectivity index (χ4n) is 1.55. The second-order valence-corrected chi connectivity index (χ2v) is 4.26. The molecule has 0 bridgehead atoms. The van der Waals surface area contributed by atoms with Gasteiger partial charge in [-0.3, -0.25) is 25.4 Å². The molecule has 2 amide bonds. The maximum Gasteiger partial charge on any atom is 0.279 e. The molecule has 0 aliphatic rings. The Balaban J connectivity index is 1.83. The lowest BCUT2D eigenvalue weighted by molar-refractivity contribution is -0.128. The van der Waals surface area contributed by atoms with Crippen LogP contribution in [0.2, 0.25) is 0 Å². The number of carbonyl (C=O) groups is 2. The Bertz CT molecular complexity index is 602. The first-order chi connectivity index (χ1) is 10.2. The zero-order chi connectivity index (χ0) is 15.1. The van der Waals surface area contributed by atoms with Gasteiger partial charge in [-0.2, -0.15) is 0 Å². The summed E-state index contributed by atoms with van der Waals surface area (Å²) in [5, 5.41) is 0. The van der Waals surface area contributed by atoms with Gasteiger partial charge in [-0.15, -0.1) is 0 Å². The predicted octanol–water partition coefficient (Wildman–Crippen LogP) is 1.31. The van der Waals surface area contributed by atoms with Crippen LogP contribution in [0.5, 0.6) is 5.75 Å². The molecule has 0 fully saturated rings. The molecule has 21 heavy (non-hydrogen) atoms. The number of nitrogens with zero attached hydrogens (tertiary/aromatic N) is 1. The van der Waals surface area contributed by atoms with Crippen LogP contribution in [0.3, 0.4) is 0 Å². The van der Waals surface area contributed by atoms with E-state index in [4.69, 9.17) is 4.74 Å². The molecule has 6 nitrogen and oxygen atoms in total. The van der Waals surface area contributed by atoms with Crippen molar-refractivity contribution >= 4 is 11.8 Å². The number of benzene rings is 1. The summed E-state index contributed by atoms with van der Waals surface area (Å²) in [4.78, 5) is 27.4. The van der Waals surface area contributed by atoms with Crippen LogP contribution in [0.1, 0.15) is 17.3 Å². The summed E-state index contributed by atoms with van der Waals surface area (Å²) in [6, 6.07) is 12.2. The average molecular weight is 285 g/mol. The minimum absolute atomic E-state index is 0.356. The summed E-state index contributed by atoms with van der Waals surface area (Å²) in [7, 11) is 0. The second-order valence-electron chi connectivity index (χ2n) is 4.26. The highest BCUT2D eigenvalue weighted by atomic mass is 16.5. The normalized spacial score (nSPS) is 11.3. The number of aromatic nitrogens is 1. The molecular weight excluding hydrogens is 270 g/mol. The van der Waals surface area contributed by atoms with Crippen LogP contribution < -0.4 is 15.6 Å². The van der Waals surface area contributed by atoms with Crippen LogP contribution in [-0.4, -0.2) is 22.9 Å². The zero-order valence-corrected chi connectivity index (χ0v) is 11.4. The number of hydrogen-bond acceptors (Lipinski definition) is 4. The summed E-state index contributed by atoms with van der Waals surface area (Å²) in [6.45, 7) is 1.60. The molecule has 6 heteroatoms. The van der Waals surface area contributed by atoms with Crippen molar-refractivity contribution in [3.05, 3.63) is 60.4 Å². The zero-order valence-electron chi connectivity index (χ0n) is 11.4. The number of ether oxygens (including phenoxy) is 1. The van der Waals surface area contributed by atoms with E-state index in [0.29, 0.717) is 11.3 Å². The number of hydrogen-bond donors (Lipinski definition) is 2. The van der Waals surface area contributed by atoms with Gasteiger partial charge in [0.2, 0.25) is 0 Å². The molecule has 108 valence electrons. The number of amides is 2. The average Bonchev–Trinajstić information content (AvgIpc) is 2.54. The third kappa shape index (κ3) is 4.31. The molecule has 2 N–H and O–H groups in total. The molecule has 2 rings (SSSR count). The van der Waals surface area contributed by atoms with Crippen LogP contribution in [0.25, 0.3) is 0 Å². The van der Waals surface area contributed by atoms with Crippen LogP contribution in [-0.2, 0) is 4.79 Å². The molecule has 0 aliphatic heterocycles. The minimum Gasteiger partial charge on any atom is -0.481 e. The Labute approximate surface area is 122 Å². The van der Waals surface area contributed by atoms with E-state index in [0.717, 1.165) is 0 Å². The van der Waals surface area contributed by atoms with Gasteiger partial charge in [-0.25, -0.2) is 0 Å². The maximum absolute atomic E-state index is 11.8. The molecule has 1 aromatic heterocycles. The van der Waals surface area contributed by atoms with Crippen LogP contribution in [0.4, 0.5) is 0 Å². The largest absolute Gasteiger partial charge is 0.481 e. The topological polar surface area (TPSA) is 80.3 Å². The van der Waals surface area contributed by atoms with Gasteiger partial charge in [0.05, 0.1) is 5.56 Å². The van der Waals surface area contributed by atoms with Crippen molar-refractivity contribution in [3.8, 4) is 5.75 Å². The highest BCUT2D eigenvalue weighted by molar-refractivity contribution is 5.95. The number of hydrazine groups is 1. The SMILES string of the molecule is C[C@H](Oc1ccccc1)C(=O)NNC(=O)c1cccnc1. The van der Waals surface area contributed by atoms with E-state index in [9.17, 15) is 9.59 Å². The van der Waals surface area contributed by atoms with Crippen LogP contribution >= 0.6 is 0 Å². The minimum atomic E-state index is -0.735. The van der Waals surface area contributed by atoms with Crippen LogP contribution in [0.15, 0.2) is 54.9 Å². The Hall–Kier alpha value is -2.89. The molecule has 1 atom stereocenters. The summed E-state index contributed by atoms with van der Waals surface area (Å²) < 4.78 is 5.44. The molecule has 1 heterocycles. The summed E-state index contributed by atoms with van der Waals surface area (Å²) in [5.74, 6) is -0.307. The van der Waals surface area contributed by atoms with E-state index in [1.54, 1.807) is 37.4 Å². The number of carbonyl (C=O) groups excluding carboxylic acids is 2. The van der Waals surface area contributed by atoms with Gasteiger partial charge in [-0.05, 0) is 31.2 Å². The Kier molecular flexibility index (Phi) is 4.87. The Morgan fingerprint density at radius 1 is 1.10 bits per heavy atom. The third-order valence-corrected chi connectivity index (χ3v) is 2.65. The first kappa shape index (κ1) is 14.5. The summed E-state index contributed by atoms with van der Waals surface area (Å²) in [5.41, 5.74) is 4.97. The summed E-state index contributed by atoms with van der Waals surface area (Å²) in [6.07, 6.45) is 2.23. The lowest BCUT2D eigenvalue weighted by Gasteiger charge is -2.15. The van der Waals surface area contributed by atoms with Gasteiger partial charge >= 0.3 is 0 Å². The molecule has 0 saturated heterocycles. The Morgan fingerprint density at radius 2 is 1.86 bits per heavy atom. The van der Waals surface area contributed by atoms with E-state index < -0.39 is 17.9 Å². The maximum atomic E-state index is 11.8. The Morgan fingerprint density at radius 3 is 2.52 bits per heavy atom. The lowest BCUT2D eigenvalue weighted by Crippen LogP contribution is -2.47. The van der Waals surface area contributed by atoms with Gasteiger partial charge < -0.3 is 4.74 Å². The van der Waals surface area contributed by atoms with E-state index >= 15 is 0 Å². The van der Waals surface area contributed by atoms with E-state index in [1.165, 1.54) is 6.20 Å². The molecule has 2 aromatic rings. The first-order valence-electron chi connectivity index (χ1n) is 6.39. The van der Waals surface area contributed by atoms with Gasteiger partial charge in [0.25, 0.3) is 11.8 Å². The van der Waals surface area contributed by atoms with E-state index in [1.807, 2.05) is 18.2 Å². The molecular formula is C15H15N3O3. The van der Waals surface area contributed by atoms with Gasteiger partial charge in [0.15, 0.2) is 6.10 Å². The van der Waals surface area contributed by atoms with Crippen molar-refractivity contribution in [1.82, 2.24) is 15.8 Å². The van der Waals surface area contributed by atoms with Crippen molar-refractivity contribution in [2.75, 3.05) is 0 Å². The highest BCUT2D eigenvalue weighted by Gasteiger charge is 2.15. The predicted molar refractivity (Wildman–Crippen MR) is 76.4 cm³/mol. The summed E-state index contributed by atoms with van der Waals surface area (Å²) >= 11 is 0. The monoisotopic (exact) mass is 285 g/mol. The molecule has 0 spiro atoms. The molecule has 0 aliphatic carbocycles. The molecule has 0 unspecified atom stereocenters. The number of rotatable bonds is 4. The smallest absolute Gasteiger partial charge is 0.279 e. The van der Waals surface area contributed by atoms with Gasteiger partial charge in [-0.1, -0.05) is 18.2 Å². The third-order valence-electron chi connectivity index (χ3n) is 2.65. The quantitative estimate of drug-likeness (QED) is 0.830. The second kappa shape index (κ2) is 7.04.